The highest BCUT2D eigenvalue weighted by molar-refractivity contribution is 5.56. The first kappa shape index (κ1) is 16.6. The number of aromatic nitrogens is 3. The third-order valence-corrected chi connectivity index (χ3v) is 4.16. The molecule has 0 unspecified atom stereocenters. The Balaban J connectivity index is 1.54. The van der Waals surface area contributed by atoms with Crippen molar-refractivity contribution in [1.29, 1.82) is 0 Å². The third kappa shape index (κ3) is 4.62. The van der Waals surface area contributed by atoms with Crippen LogP contribution < -0.4 is 10.6 Å². The van der Waals surface area contributed by atoms with E-state index in [0.29, 0.717) is 5.95 Å². The van der Waals surface area contributed by atoms with Crippen LogP contribution in [-0.4, -0.2) is 59.5 Å². The SMILES string of the molecule is Cc1ccc(Nc2nncc(NCCN3CCOCC3)n2)cc1C. The minimum absolute atomic E-state index is 0.495. The van der Waals surface area contributed by atoms with Gasteiger partial charge < -0.3 is 15.4 Å². The van der Waals surface area contributed by atoms with Crippen molar-refractivity contribution in [3.05, 3.63) is 35.5 Å². The van der Waals surface area contributed by atoms with Crippen LogP contribution in [0.15, 0.2) is 24.4 Å². The molecule has 1 saturated heterocycles. The van der Waals surface area contributed by atoms with Gasteiger partial charge >= 0.3 is 0 Å². The highest BCUT2D eigenvalue weighted by atomic mass is 16.5. The molecule has 1 aromatic heterocycles. The van der Waals surface area contributed by atoms with E-state index in [1.54, 1.807) is 6.20 Å². The molecule has 0 spiro atoms. The standard InChI is InChI=1S/C17H24N6O/c1-13-3-4-15(11-14(13)2)20-17-21-16(12-19-22-17)18-5-6-23-7-9-24-10-8-23/h3-4,11-12H,5-10H2,1-2H3,(H2,18,20,21,22). The van der Waals surface area contributed by atoms with E-state index in [-0.39, 0.29) is 0 Å². The van der Waals surface area contributed by atoms with Crippen LogP contribution in [0.1, 0.15) is 11.1 Å². The topological polar surface area (TPSA) is 75.2 Å². The molecule has 0 radical (unpaired) electrons. The zero-order valence-corrected chi connectivity index (χ0v) is 14.2. The lowest BCUT2D eigenvalue weighted by Gasteiger charge is -2.26. The van der Waals surface area contributed by atoms with E-state index in [2.05, 4.69) is 56.7 Å². The van der Waals surface area contributed by atoms with Gasteiger partial charge in [0.25, 0.3) is 0 Å². The summed E-state index contributed by atoms with van der Waals surface area (Å²) in [6.07, 6.45) is 1.64. The highest BCUT2D eigenvalue weighted by Gasteiger charge is 2.09. The van der Waals surface area contributed by atoms with Crippen molar-refractivity contribution >= 4 is 17.5 Å². The predicted molar refractivity (Wildman–Crippen MR) is 94.8 cm³/mol. The largest absolute Gasteiger partial charge is 0.379 e. The van der Waals surface area contributed by atoms with Gasteiger partial charge in [0.1, 0.15) is 0 Å². The molecule has 24 heavy (non-hydrogen) atoms. The molecule has 1 aliphatic rings. The second-order valence-corrected chi connectivity index (χ2v) is 5.97. The van der Waals surface area contributed by atoms with Crippen molar-refractivity contribution in [1.82, 2.24) is 20.1 Å². The zero-order valence-electron chi connectivity index (χ0n) is 14.2. The van der Waals surface area contributed by atoms with Gasteiger partial charge in [0, 0.05) is 31.9 Å². The summed E-state index contributed by atoms with van der Waals surface area (Å²) in [4.78, 5) is 6.84. The molecule has 0 saturated carbocycles. The first-order valence-corrected chi connectivity index (χ1v) is 8.29. The van der Waals surface area contributed by atoms with Crippen LogP contribution in [0.2, 0.25) is 0 Å². The Hall–Kier alpha value is -2.25. The van der Waals surface area contributed by atoms with Gasteiger partial charge in [-0.15, -0.1) is 5.10 Å². The van der Waals surface area contributed by atoms with Crippen LogP contribution >= 0.6 is 0 Å². The van der Waals surface area contributed by atoms with Crippen molar-refractivity contribution in [3.63, 3.8) is 0 Å². The smallest absolute Gasteiger partial charge is 0.249 e. The van der Waals surface area contributed by atoms with Gasteiger partial charge in [0.15, 0.2) is 5.82 Å². The maximum atomic E-state index is 5.35. The van der Waals surface area contributed by atoms with E-state index in [1.165, 1.54) is 11.1 Å². The number of ether oxygens (including phenoxy) is 1. The fourth-order valence-electron chi connectivity index (χ4n) is 2.56. The summed E-state index contributed by atoms with van der Waals surface area (Å²) >= 11 is 0. The Morgan fingerprint density at radius 1 is 1.17 bits per heavy atom. The van der Waals surface area contributed by atoms with Crippen LogP contribution in [0, 0.1) is 13.8 Å². The van der Waals surface area contributed by atoms with Crippen molar-refractivity contribution < 1.29 is 4.74 Å². The van der Waals surface area contributed by atoms with Crippen molar-refractivity contribution in [2.45, 2.75) is 13.8 Å². The summed E-state index contributed by atoms with van der Waals surface area (Å²) in [5.41, 5.74) is 3.45. The van der Waals surface area contributed by atoms with Crippen molar-refractivity contribution in [3.8, 4) is 0 Å². The van der Waals surface area contributed by atoms with E-state index in [4.69, 9.17) is 4.74 Å². The van der Waals surface area contributed by atoms with Crippen LogP contribution in [0.4, 0.5) is 17.5 Å². The van der Waals surface area contributed by atoms with E-state index in [1.807, 2.05) is 6.07 Å². The normalized spacial score (nSPS) is 15.2. The van der Waals surface area contributed by atoms with E-state index in [9.17, 15) is 0 Å². The number of hydrogen-bond donors (Lipinski definition) is 2. The van der Waals surface area contributed by atoms with Gasteiger partial charge in [-0.1, -0.05) is 6.07 Å². The maximum absolute atomic E-state index is 5.35. The average Bonchev–Trinajstić information content (AvgIpc) is 2.60. The van der Waals surface area contributed by atoms with Gasteiger partial charge in [-0.25, -0.2) is 0 Å². The molecule has 0 aliphatic carbocycles. The molecule has 7 heteroatoms. The molecule has 2 N–H and O–H groups in total. The van der Waals surface area contributed by atoms with Crippen LogP contribution in [-0.2, 0) is 4.74 Å². The fourth-order valence-corrected chi connectivity index (χ4v) is 2.56. The predicted octanol–water partition coefficient (Wildman–Crippen LogP) is 1.98. The van der Waals surface area contributed by atoms with Crippen LogP contribution in [0.3, 0.4) is 0 Å². The summed E-state index contributed by atoms with van der Waals surface area (Å²) in [5, 5.41) is 14.6. The summed E-state index contributed by atoms with van der Waals surface area (Å²) in [6.45, 7) is 9.58. The van der Waals surface area contributed by atoms with Gasteiger partial charge in [0.2, 0.25) is 5.95 Å². The summed E-state index contributed by atoms with van der Waals surface area (Å²) in [6, 6.07) is 6.18. The molecule has 7 nitrogen and oxygen atoms in total. The second-order valence-electron chi connectivity index (χ2n) is 5.97. The van der Waals surface area contributed by atoms with Gasteiger partial charge in [-0.2, -0.15) is 10.1 Å². The highest BCUT2D eigenvalue weighted by Crippen LogP contribution is 2.17. The third-order valence-electron chi connectivity index (χ3n) is 4.16. The quantitative estimate of drug-likeness (QED) is 0.839. The molecule has 1 fully saturated rings. The number of benzene rings is 1. The summed E-state index contributed by atoms with van der Waals surface area (Å²) in [7, 11) is 0. The maximum Gasteiger partial charge on any atom is 0.249 e. The number of rotatable bonds is 6. The number of morpholine rings is 1. The van der Waals surface area contributed by atoms with Gasteiger partial charge in [-0.05, 0) is 37.1 Å². The molecule has 2 heterocycles. The number of aryl methyl sites for hydroxylation is 2. The van der Waals surface area contributed by atoms with Crippen LogP contribution in [0.5, 0.6) is 0 Å². The summed E-state index contributed by atoms with van der Waals surface area (Å²) < 4.78 is 5.35. The molecule has 0 atom stereocenters. The minimum Gasteiger partial charge on any atom is -0.379 e. The molecular weight excluding hydrogens is 304 g/mol. The number of hydrogen-bond acceptors (Lipinski definition) is 7. The molecule has 0 amide bonds. The molecule has 2 aromatic rings. The van der Waals surface area contributed by atoms with E-state index < -0.39 is 0 Å². The molecule has 3 rings (SSSR count). The Labute approximate surface area is 142 Å². The number of nitrogens with zero attached hydrogens (tertiary/aromatic N) is 4. The minimum atomic E-state index is 0.495. The molecule has 0 bridgehead atoms. The Morgan fingerprint density at radius 2 is 2.00 bits per heavy atom. The average molecular weight is 328 g/mol. The lowest BCUT2D eigenvalue weighted by atomic mass is 10.1. The molecular formula is C17H24N6O. The number of anilines is 3. The Morgan fingerprint density at radius 3 is 2.79 bits per heavy atom. The zero-order chi connectivity index (χ0) is 16.8. The second kappa shape index (κ2) is 8.03. The van der Waals surface area contributed by atoms with Crippen molar-refractivity contribution in [2.24, 2.45) is 0 Å². The molecule has 1 aliphatic heterocycles. The number of nitrogens with one attached hydrogen (secondary N) is 2. The first-order valence-electron chi connectivity index (χ1n) is 8.29. The van der Waals surface area contributed by atoms with E-state index >= 15 is 0 Å². The molecule has 1 aromatic carbocycles. The van der Waals surface area contributed by atoms with Gasteiger partial charge in [0.05, 0.1) is 19.4 Å². The summed E-state index contributed by atoms with van der Waals surface area (Å²) in [5.74, 6) is 1.22. The lowest BCUT2D eigenvalue weighted by Crippen LogP contribution is -2.39. The van der Waals surface area contributed by atoms with Gasteiger partial charge in [-0.3, -0.25) is 4.90 Å². The Bertz CT molecular complexity index is 672. The van der Waals surface area contributed by atoms with Crippen molar-refractivity contribution in [2.75, 3.05) is 50.0 Å². The monoisotopic (exact) mass is 328 g/mol. The van der Waals surface area contributed by atoms with Crippen LogP contribution in [0.25, 0.3) is 0 Å². The Kier molecular flexibility index (Phi) is 5.55. The van der Waals surface area contributed by atoms with E-state index in [0.717, 1.165) is 50.9 Å². The molecule has 128 valence electrons. The lowest BCUT2D eigenvalue weighted by molar-refractivity contribution is 0.0398. The first-order chi connectivity index (χ1) is 11.7. The fraction of sp³-hybridized carbons (Fsp3) is 0.471.